The minimum absolute atomic E-state index is 0.242. The lowest BCUT2D eigenvalue weighted by Gasteiger charge is -2.13. The molecule has 0 amide bonds. The van der Waals surface area contributed by atoms with Crippen LogP contribution in [0, 0.1) is 0 Å². The van der Waals surface area contributed by atoms with Crippen LogP contribution >= 0.6 is 0 Å². The van der Waals surface area contributed by atoms with Gasteiger partial charge in [0, 0.05) is 32.9 Å². The summed E-state index contributed by atoms with van der Waals surface area (Å²) in [6, 6.07) is 50.6. The van der Waals surface area contributed by atoms with E-state index in [0.29, 0.717) is 0 Å². The first-order valence-corrected chi connectivity index (χ1v) is 15.8. The number of para-hydroxylation sites is 3. The van der Waals surface area contributed by atoms with Gasteiger partial charge in [0.05, 0.1) is 28.7 Å². The van der Waals surface area contributed by atoms with Gasteiger partial charge in [0.1, 0.15) is 6.10 Å². The average Bonchev–Trinajstić information content (AvgIpc) is 3.84. The van der Waals surface area contributed by atoms with Gasteiger partial charge in [-0.3, -0.25) is 0 Å². The summed E-state index contributed by atoms with van der Waals surface area (Å²) in [7, 11) is 0. The van der Waals surface area contributed by atoms with Crippen LogP contribution in [0.5, 0.6) is 0 Å². The van der Waals surface area contributed by atoms with E-state index in [4.69, 9.17) is 4.74 Å². The van der Waals surface area contributed by atoms with Crippen molar-refractivity contribution in [2.45, 2.75) is 13.0 Å². The maximum absolute atomic E-state index is 5.59. The van der Waals surface area contributed by atoms with Crippen LogP contribution in [0.25, 0.3) is 66.1 Å². The van der Waals surface area contributed by atoms with Gasteiger partial charge in [0.15, 0.2) is 0 Å². The maximum atomic E-state index is 5.59. The molecular weight excluding hydrogens is 560 g/mol. The van der Waals surface area contributed by atoms with E-state index in [1.807, 2.05) is 19.1 Å². The summed E-state index contributed by atoms with van der Waals surface area (Å²) in [4.78, 5) is 0. The van der Waals surface area contributed by atoms with Crippen LogP contribution in [-0.4, -0.2) is 15.7 Å². The standard InChI is InChI=1S/C38H26N2O.C5H8/c1-4-16-34-30(13-1)31-14-2-5-17-35(31)39(34)28-11-7-9-25(21-28)26-10-8-12-29(22-26)40-36-18-6-3-15-32(36)33-23-27(38-24-41-38)19-20-37(33)40;1-3-5-4-2/h1-23,38H,24H2;3-5H,1H2,2H3/b;5-4-. The number of aromatic nitrogens is 2. The second kappa shape index (κ2) is 11.7. The monoisotopic (exact) mass is 594 g/mol. The van der Waals surface area contributed by atoms with E-state index >= 15 is 0 Å². The predicted molar refractivity (Wildman–Crippen MR) is 194 cm³/mol. The zero-order valence-corrected chi connectivity index (χ0v) is 25.8. The van der Waals surface area contributed by atoms with Gasteiger partial charge in [-0.2, -0.15) is 0 Å². The fraction of sp³-hybridized carbons (Fsp3) is 0.0698. The number of ether oxygens (including phenoxy) is 1. The van der Waals surface area contributed by atoms with Crippen LogP contribution < -0.4 is 0 Å². The van der Waals surface area contributed by atoms with Crippen molar-refractivity contribution in [3.63, 3.8) is 0 Å². The van der Waals surface area contributed by atoms with Crippen molar-refractivity contribution < 1.29 is 4.74 Å². The number of rotatable bonds is 5. The van der Waals surface area contributed by atoms with Crippen molar-refractivity contribution >= 4 is 43.6 Å². The largest absolute Gasteiger partial charge is 0.368 e. The van der Waals surface area contributed by atoms with Crippen LogP contribution in [0.1, 0.15) is 18.6 Å². The van der Waals surface area contributed by atoms with Crippen molar-refractivity contribution in [2.24, 2.45) is 0 Å². The third-order valence-corrected chi connectivity index (χ3v) is 8.85. The zero-order valence-electron chi connectivity index (χ0n) is 25.8. The number of allylic oxidation sites excluding steroid dienone is 3. The molecular formula is C43H34N2O. The average molecular weight is 595 g/mol. The molecule has 1 fully saturated rings. The number of hydrogen-bond acceptors (Lipinski definition) is 1. The molecule has 1 unspecified atom stereocenters. The molecule has 6 aromatic carbocycles. The van der Waals surface area contributed by atoms with Gasteiger partial charge in [-0.1, -0.05) is 110 Å². The molecule has 0 bridgehead atoms. The summed E-state index contributed by atoms with van der Waals surface area (Å²) < 4.78 is 10.4. The van der Waals surface area contributed by atoms with Gasteiger partial charge in [-0.25, -0.2) is 0 Å². The Bertz CT molecular complexity index is 2360. The lowest BCUT2D eigenvalue weighted by atomic mass is 10.0. The summed E-state index contributed by atoms with van der Waals surface area (Å²) in [6.07, 6.45) is 5.82. The summed E-state index contributed by atoms with van der Waals surface area (Å²) in [5, 5.41) is 5.09. The van der Waals surface area contributed by atoms with Crippen molar-refractivity contribution in [3.05, 3.63) is 170 Å². The topological polar surface area (TPSA) is 22.4 Å². The van der Waals surface area contributed by atoms with Gasteiger partial charge < -0.3 is 13.9 Å². The quantitative estimate of drug-likeness (QED) is 0.144. The minimum Gasteiger partial charge on any atom is -0.368 e. The second-order valence-electron chi connectivity index (χ2n) is 11.7. The molecule has 1 aliphatic rings. The Hall–Kier alpha value is -5.64. The molecule has 0 radical (unpaired) electrons. The summed E-state index contributed by atoms with van der Waals surface area (Å²) in [5.74, 6) is 0. The molecule has 1 saturated heterocycles. The maximum Gasteiger partial charge on any atom is 0.106 e. The molecule has 46 heavy (non-hydrogen) atoms. The van der Waals surface area contributed by atoms with E-state index in [9.17, 15) is 0 Å². The molecule has 3 heterocycles. The first-order chi connectivity index (χ1) is 22.7. The number of fused-ring (bicyclic) bond motifs is 6. The molecule has 222 valence electrons. The summed E-state index contributed by atoms with van der Waals surface area (Å²) in [5.41, 5.74) is 10.8. The predicted octanol–water partition coefficient (Wildman–Crippen LogP) is 11.4. The van der Waals surface area contributed by atoms with Gasteiger partial charge in [-0.15, -0.1) is 0 Å². The van der Waals surface area contributed by atoms with Crippen LogP contribution in [0.4, 0.5) is 0 Å². The molecule has 3 nitrogen and oxygen atoms in total. The molecule has 0 N–H and O–H groups in total. The third kappa shape index (κ3) is 4.82. The van der Waals surface area contributed by atoms with Crippen molar-refractivity contribution in [3.8, 4) is 22.5 Å². The highest BCUT2D eigenvalue weighted by molar-refractivity contribution is 6.10. The third-order valence-electron chi connectivity index (χ3n) is 8.85. The van der Waals surface area contributed by atoms with E-state index in [2.05, 4.69) is 155 Å². The van der Waals surface area contributed by atoms with E-state index in [-0.39, 0.29) is 6.10 Å². The Morgan fingerprint density at radius 2 is 1.04 bits per heavy atom. The van der Waals surface area contributed by atoms with E-state index in [1.54, 1.807) is 6.08 Å². The van der Waals surface area contributed by atoms with E-state index in [0.717, 1.165) is 18.0 Å². The zero-order chi connectivity index (χ0) is 31.0. The van der Waals surface area contributed by atoms with Gasteiger partial charge in [0.25, 0.3) is 0 Å². The first kappa shape index (κ1) is 27.9. The SMILES string of the molecule is C=C/C=C\C.c1cc(-c2cccc(-n3c4ccccc4c4cc(C5CO5)ccc43)c2)cc(-n2c3ccccc3c3ccccc32)c1. The number of nitrogens with zero attached hydrogens (tertiary/aromatic N) is 2. The first-order valence-electron chi connectivity index (χ1n) is 15.8. The van der Waals surface area contributed by atoms with Crippen LogP contribution in [0.15, 0.2) is 164 Å². The molecule has 9 rings (SSSR count). The van der Waals surface area contributed by atoms with Gasteiger partial charge >= 0.3 is 0 Å². The molecule has 0 spiro atoms. The Kier molecular flexibility index (Phi) is 7.09. The van der Waals surface area contributed by atoms with E-state index in [1.165, 1.54) is 60.3 Å². The lowest BCUT2D eigenvalue weighted by Crippen LogP contribution is -1.96. The number of epoxide rings is 1. The minimum atomic E-state index is 0.242. The molecule has 8 aromatic rings. The molecule has 1 aliphatic heterocycles. The molecule has 2 aromatic heterocycles. The fourth-order valence-corrected chi connectivity index (χ4v) is 6.70. The highest BCUT2D eigenvalue weighted by atomic mass is 16.6. The van der Waals surface area contributed by atoms with Crippen molar-refractivity contribution in [2.75, 3.05) is 6.61 Å². The Morgan fingerprint density at radius 1 is 0.565 bits per heavy atom. The van der Waals surface area contributed by atoms with Crippen molar-refractivity contribution in [1.82, 2.24) is 9.13 Å². The van der Waals surface area contributed by atoms with Crippen LogP contribution in [-0.2, 0) is 4.74 Å². The van der Waals surface area contributed by atoms with Crippen LogP contribution in [0.2, 0.25) is 0 Å². The normalized spacial score (nSPS) is 14.2. The Labute approximate surface area is 268 Å². The van der Waals surface area contributed by atoms with Crippen LogP contribution in [0.3, 0.4) is 0 Å². The highest BCUT2D eigenvalue weighted by Crippen LogP contribution is 2.38. The molecule has 1 atom stereocenters. The fourth-order valence-electron chi connectivity index (χ4n) is 6.70. The van der Waals surface area contributed by atoms with Crippen molar-refractivity contribution in [1.29, 1.82) is 0 Å². The van der Waals surface area contributed by atoms with Gasteiger partial charge in [-0.05, 0) is 78.2 Å². The smallest absolute Gasteiger partial charge is 0.106 e. The molecule has 0 saturated carbocycles. The highest BCUT2D eigenvalue weighted by Gasteiger charge is 2.25. The van der Waals surface area contributed by atoms with E-state index < -0.39 is 0 Å². The number of hydrogen-bond donors (Lipinski definition) is 0. The number of benzene rings is 6. The van der Waals surface area contributed by atoms with Gasteiger partial charge in [0.2, 0.25) is 0 Å². The Morgan fingerprint density at radius 3 is 1.50 bits per heavy atom. The summed E-state index contributed by atoms with van der Waals surface area (Å²) in [6.45, 7) is 6.24. The Balaban J connectivity index is 0.000000583. The molecule has 0 aliphatic carbocycles. The second-order valence-corrected chi connectivity index (χ2v) is 11.7. The summed E-state index contributed by atoms with van der Waals surface area (Å²) >= 11 is 0. The molecule has 3 heteroatoms. The lowest BCUT2D eigenvalue weighted by molar-refractivity contribution is 0.416.